The van der Waals surface area contributed by atoms with Gasteiger partial charge in [0.25, 0.3) is 21.6 Å². The van der Waals surface area contributed by atoms with E-state index in [0.717, 1.165) is 113 Å². The van der Waals surface area contributed by atoms with Gasteiger partial charge >= 0.3 is 0 Å². The summed E-state index contributed by atoms with van der Waals surface area (Å²) in [6.07, 6.45) is 3.99. The van der Waals surface area contributed by atoms with Crippen molar-refractivity contribution in [3.8, 4) is 0 Å². The lowest BCUT2D eigenvalue weighted by molar-refractivity contribution is -0.384. The molecule has 2 aliphatic heterocycles. The minimum atomic E-state index is -4.44. The van der Waals surface area contributed by atoms with E-state index in [0.29, 0.717) is 12.2 Å². The number of hydrogen-bond acceptors (Lipinski definition) is 12. The lowest BCUT2D eigenvalue weighted by Crippen LogP contribution is -2.49. The molecule has 0 aromatic heterocycles. The molecule has 342 valence electrons. The first-order valence-electron chi connectivity index (χ1n) is 22.2. The van der Waals surface area contributed by atoms with Crippen molar-refractivity contribution < 1.29 is 18.1 Å². The molecule has 64 heavy (non-hydrogen) atoms. The number of sulfonamides is 1. The van der Waals surface area contributed by atoms with E-state index < -0.39 is 20.9 Å². The molecule has 2 saturated heterocycles. The number of thioether (sulfide) groups is 1. The third-order valence-electron chi connectivity index (χ3n) is 12.5. The number of allylic oxidation sites excluding steroid dienone is 1. The van der Waals surface area contributed by atoms with E-state index in [9.17, 15) is 23.3 Å². The maximum absolute atomic E-state index is 13.5. The van der Waals surface area contributed by atoms with Crippen molar-refractivity contribution in [2.75, 3.05) is 102 Å². The van der Waals surface area contributed by atoms with Crippen LogP contribution in [0.4, 0.5) is 17.1 Å². The predicted octanol–water partition coefficient (Wildman–Crippen LogP) is 7.56. The maximum atomic E-state index is 13.5. The summed E-state index contributed by atoms with van der Waals surface area (Å²) in [5.41, 5.74) is 5.39. The second-order valence-corrected chi connectivity index (χ2v) is 21.1. The van der Waals surface area contributed by atoms with Crippen molar-refractivity contribution in [1.29, 1.82) is 0 Å². The minimum absolute atomic E-state index is 0.141. The van der Waals surface area contributed by atoms with Gasteiger partial charge in [-0.1, -0.05) is 54.4 Å². The molecule has 2 fully saturated rings. The van der Waals surface area contributed by atoms with Crippen LogP contribution in [0.2, 0.25) is 5.02 Å². The molecule has 7 rings (SSSR count). The quantitative estimate of drug-likeness (QED) is 0.0515. The van der Waals surface area contributed by atoms with Crippen LogP contribution in [0.1, 0.15) is 48.5 Å². The van der Waals surface area contributed by atoms with Crippen LogP contribution in [0.5, 0.6) is 0 Å². The summed E-state index contributed by atoms with van der Waals surface area (Å²) in [7, 11) is -0.507. The summed E-state index contributed by atoms with van der Waals surface area (Å²) in [6.45, 7) is 12.9. The number of benzene rings is 4. The highest BCUT2D eigenvalue weighted by Gasteiger charge is 2.35. The van der Waals surface area contributed by atoms with Crippen LogP contribution in [-0.2, 0) is 10.0 Å². The number of nitro benzene ring substituents is 1. The molecule has 2 atom stereocenters. The van der Waals surface area contributed by atoms with E-state index in [4.69, 9.17) is 11.6 Å². The van der Waals surface area contributed by atoms with Crippen LogP contribution in [-0.4, -0.2) is 132 Å². The Balaban J connectivity index is 0.961. The summed E-state index contributed by atoms with van der Waals surface area (Å²) in [6, 6.07) is 28.7. The molecule has 0 saturated carbocycles. The molecule has 0 radical (unpaired) electrons. The topological polar surface area (TPSA) is 143 Å². The molecule has 4 aromatic carbocycles. The molecule has 4 aromatic rings. The average Bonchev–Trinajstić information content (AvgIpc) is 3.28. The molecule has 1 aliphatic carbocycles. The van der Waals surface area contributed by atoms with E-state index >= 15 is 0 Å². The Morgan fingerprint density at radius 1 is 0.938 bits per heavy atom. The van der Waals surface area contributed by atoms with Crippen LogP contribution in [0.3, 0.4) is 0 Å². The SMILES string of the molecule is CN(C)CCC(CSc1ccccc1)Nc1ccc(S(=O)(=O)NC(=O)c2ccc(N3CCN(CC4=C(c5ccc(Cl)cc5)CCC(C)(CN5CCNCC5)C4)CC3)cc2)cc1[N+](=O)[O-]. The smallest absolute Gasteiger partial charge is 0.293 e. The molecule has 3 N–H and O–H groups in total. The molecule has 13 nitrogen and oxygen atoms in total. The first-order valence-corrected chi connectivity index (χ1v) is 25.0. The summed E-state index contributed by atoms with van der Waals surface area (Å²) in [5, 5.41) is 19.8. The summed E-state index contributed by atoms with van der Waals surface area (Å²) in [4.78, 5) is 35.2. The number of nitrogens with zero attached hydrogens (tertiary/aromatic N) is 5. The van der Waals surface area contributed by atoms with Gasteiger partial charge in [0.2, 0.25) is 0 Å². The molecule has 2 heterocycles. The Labute approximate surface area is 387 Å². The fourth-order valence-corrected chi connectivity index (χ4v) is 11.1. The van der Waals surface area contributed by atoms with Crippen molar-refractivity contribution in [2.45, 2.75) is 48.4 Å². The Morgan fingerprint density at radius 3 is 2.31 bits per heavy atom. The summed E-state index contributed by atoms with van der Waals surface area (Å²) in [5.74, 6) is -0.174. The van der Waals surface area contributed by atoms with Crippen LogP contribution in [0, 0.1) is 15.5 Å². The third-order valence-corrected chi connectivity index (χ3v) is 15.3. The molecule has 2 unspecified atom stereocenters. The van der Waals surface area contributed by atoms with Crippen molar-refractivity contribution in [3.63, 3.8) is 0 Å². The van der Waals surface area contributed by atoms with Crippen molar-refractivity contribution in [1.82, 2.24) is 24.7 Å². The predicted molar refractivity (Wildman–Crippen MR) is 260 cm³/mol. The van der Waals surface area contributed by atoms with Gasteiger partial charge in [0, 0.05) is 104 Å². The molecule has 3 aliphatic rings. The summed E-state index contributed by atoms with van der Waals surface area (Å²) < 4.78 is 29.1. The Bertz CT molecular complexity index is 2360. The number of hydrogen-bond donors (Lipinski definition) is 3. The third kappa shape index (κ3) is 12.9. The van der Waals surface area contributed by atoms with E-state index in [2.05, 4.69) is 49.1 Å². The zero-order valence-electron chi connectivity index (χ0n) is 37.1. The molecular formula is C48H61ClN8O5S2. The van der Waals surface area contributed by atoms with Gasteiger partial charge in [-0.25, -0.2) is 13.1 Å². The van der Waals surface area contributed by atoms with Crippen molar-refractivity contribution in [2.24, 2.45) is 5.41 Å². The number of carbonyl (C=O) groups excluding carboxylic acids is 1. The Kier molecular flexibility index (Phi) is 16.1. The highest BCUT2D eigenvalue weighted by molar-refractivity contribution is 7.99. The molecule has 16 heteroatoms. The largest absolute Gasteiger partial charge is 0.376 e. The number of amides is 1. The van der Waals surface area contributed by atoms with Gasteiger partial charge in [0.15, 0.2) is 0 Å². The first kappa shape index (κ1) is 47.5. The van der Waals surface area contributed by atoms with E-state index in [-0.39, 0.29) is 33.3 Å². The van der Waals surface area contributed by atoms with Gasteiger partial charge in [-0.05, 0) is 124 Å². The monoisotopic (exact) mass is 928 g/mol. The number of nitrogens with one attached hydrogen (secondary N) is 3. The molecule has 0 spiro atoms. The molecular weight excluding hydrogens is 868 g/mol. The van der Waals surface area contributed by atoms with Crippen LogP contribution in [0.25, 0.3) is 5.57 Å². The van der Waals surface area contributed by atoms with E-state index in [1.165, 1.54) is 28.8 Å². The second kappa shape index (κ2) is 21.7. The highest BCUT2D eigenvalue weighted by atomic mass is 35.5. The van der Waals surface area contributed by atoms with Gasteiger partial charge in [0.05, 0.1) is 9.82 Å². The number of anilines is 2. The van der Waals surface area contributed by atoms with Crippen molar-refractivity contribution >= 4 is 61.9 Å². The number of nitro groups is 1. The number of carbonyl (C=O) groups is 1. The number of halogens is 1. The fraction of sp³-hybridized carbons (Fsp3) is 0.438. The van der Waals surface area contributed by atoms with Gasteiger partial charge in [0.1, 0.15) is 5.69 Å². The van der Waals surface area contributed by atoms with Crippen LogP contribution in [0.15, 0.2) is 112 Å². The fourth-order valence-electron chi connectivity index (χ4n) is 9.00. The maximum Gasteiger partial charge on any atom is 0.293 e. The Hall–Kier alpha value is -4.48. The highest BCUT2D eigenvalue weighted by Crippen LogP contribution is 2.44. The molecule has 1 amide bonds. The first-order chi connectivity index (χ1) is 30.7. The number of piperazine rings is 2. The van der Waals surface area contributed by atoms with Crippen molar-refractivity contribution in [3.05, 3.63) is 129 Å². The van der Waals surface area contributed by atoms with Crippen LogP contribution >= 0.6 is 23.4 Å². The van der Waals surface area contributed by atoms with Gasteiger partial charge in [-0.2, -0.15) is 0 Å². The summed E-state index contributed by atoms with van der Waals surface area (Å²) >= 11 is 7.93. The zero-order chi connectivity index (χ0) is 45.3. The second-order valence-electron chi connectivity index (χ2n) is 17.8. The lowest BCUT2D eigenvalue weighted by Gasteiger charge is -2.43. The van der Waals surface area contributed by atoms with E-state index in [1.807, 2.05) is 73.6 Å². The average molecular weight is 930 g/mol. The van der Waals surface area contributed by atoms with Gasteiger partial charge in [-0.3, -0.25) is 19.8 Å². The normalized spacial score (nSPS) is 19.4. The zero-order valence-corrected chi connectivity index (χ0v) is 39.5. The van der Waals surface area contributed by atoms with Gasteiger partial charge in [-0.15, -0.1) is 11.8 Å². The lowest BCUT2D eigenvalue weighted by atomic mass is 9.71. The van der Waals surface area contributed by atoms with Crippen LogP contribution < -0.4 is 20.3 Å². The minimum Gasteiger partial charge on any atom is -0.376 e. The molecule has 0 bridgehead atoms. The Morgan fingerprint density at radius 2 is 1.64 bits per heavy atom. The standard InChI is InChI=1S/C48H61ClN8O5S2/c1-48(35-55-25-22-50-23-26-55)21-19-44(36-9-13-39(49)14-10-36)38(32-48)33-54-27-29-56(30-28-54)41-15-11-37(12-16-41)47(58)52-64(61,62)43-17-18-45(46(31-43)57(59)60)51-40(20-24-53(2)3)34-63-42-7-5-4-6-8-42/h4-18,31,40,50-51H,19-30,32-35H2,1-3H3,(H,52,58). The van der Waals surface area contributed by atoms with E-state index in [1.54, 1.807) is 23.9 Å². The van der Waals surface area contributed by atoms with Gasteiger partial charge < -0.3 is 25.3 Å². The number of rotatable bonds is 18.